The highest BCUT2D eigenvalue weighted by atomic mass is 35.5. The maximum atomic E-state index is 12.3. The Balaban J connectivity index is 3.16. The van der Waals surface area contributed by atoms with Gasteiger partial charge in [-0.1, -0.05) is 18.5 Å². The first-order valence-corrected chi connectivity index (χ1v) is 9.09. The van der Waals surface area contributed by atoms with Gasteiger partial charge in [0.25, 0.3) is 0 Å². The second-order valence-electron chi connectivity index (χ2n) is 5.86. The monoisotopic (exact) mass is 363 g/mol. The number of nitrogens with one attached hydrogen (secondary N) is 1. The van der Waals surface area contributed by atoms with Gasteiger partial charge in [-0.25, -0.2) is 13.2 Å². The van der Waals surface area contributed by atoms with Gasteiger partial charge in [0, 0.05) is 17.6 Å². The van der Waals surface area contributed by atoms with Crippen molar-refractivity contribution < 1.29 is 22.7 Å². The Morgan fingerprint density at radius 1 is 1.30 bits per heavy atom. The Bertz CT molecular complexity index is 680. The third kappa shape index (κ3) is 5.58. The number of hydrogen-bond acceptors (Lipinski definition) is 5. The van der Waals surface area contributed by atoms with Crippen molar-refractivity contribution in [3.63, 3.8) is 0 Å². The molecule has 0 fully saturated rings. The van der Waals surface area contributed by atoms with Crippen LogP contribution in [0, 0.1) is 0 Å². The molecule has 8 heteroatoms. The summed E-state index contributed by atoms with van der Waals surface area (Å²) < 4.78 is 34.9. The van der Waals surface area contributed by atoms with Crippen molar-refractivity contribution in [2.24, 2.45) is 0 Å². The van der Waals surface area contributed by atoms with Crippen LogP contribution in [0.5, 0.6) is 5.75 Å². The fraction of sp³-hybridized carbons (Fsp3) is 0.533. The predicted molar refractivity (Wildman–Crippen MR) is 88.8 cm³/mol. The normalized spacial score (nSPS) is 11.9. The molecular formula is C15H22ClNO5S. The molecule has 0 radical (unpaired) electrons. The van der Waals surface area contributed by atoms with E-state index in [1.807, 2.05) is 0 Å². The van der Waals surface area contributed by atoms with E-state index in [4.69, 9.17) is 21.1 Å². The zero-order valence-electron chi connectivity index (χ0n) is 13.9. The summed E-state index contributed by atoms with van der Waals surface area (Å²) >= 11 is 6.00. The molecule has 6 nitrogen and oxygen atoms in total. The van der Waals surface area contributed by atoms with Crippen molar-refractivity contribution in [3.8, 4) is 5.75 Å². The SMILES string of the molecule is CCS(=O)(=O)c1c(CNC(=O)OC(C)(C)C)cc(Cl)cc1OC. The molecule has 0 aliphatic rings. The molecule has 0 aliphatic heterocycles. The molecule has 0 aromatic heterocycles. The van der Waals surface area contributed by atoms with E-state index in [9.17, 15) is 13.2 Å². The highest BCUT2D eigenvalue weighted by Gasteiger charge is 2.24. The van der Waals surface area contributed by atoms with Crippen LogP contribution in [0.25, 0.3) is 0 Å². The van der Waals surface area contributed by atoms with Crippen LogP contribution in [0.3, 0.4) is 0 Å². The zero-order chi connectivity index (χ0) is 17.8. The van der Waals surface area contributed by atoms with E-state index >= 15 is 0 Å². The molecular weight excluding hydrogens is 342 g/mol. The van der Waals surface area contributed by atoms with Gasteiger partial charge in [-0.15, -0.1) is 0 Å². The van der Waals surface area contributed by atoms with Gasteiger partial charge < -0.3 is 14.8 Å². The Morgan fingerprint density at radius 3 is 2.39 bits per heavy atom. The van der Waals surface area contributed by atoms with E-state index in [1.165, 1.54) is 26.2 Å². The number of amides is 1. The Morgan fingerprint density at radius 2 is 1.91 bits per heavy atom. The van der Waals surface area contributed by atoms with Crippen LogP contribution in [0.15, 0.2) is 17.0 Å². The summed E-state index contributed by atoms with van der Waals surface area (Å²) in [5.41, 5.74) is -0.295. The number of hydrogen-bond donors (Lipinski definition) is 1. The number of alkyl carbamates (subject to hydrolysis) is 1. The summed E-state index contributed by atoms with van der Waals surface area (Å²) in [4.78, 5) is 11.8. The van der Waals surface area contributed by atoms with Crippen molar-refractivity contribution >= 4 is 27.5 Å². The van der Waals surface area contributed by atoms with Gasteiger partial charge in [-0.05, 0) is 32.4 Å². The van der Waals surface area contributed by atoms with E-state index < -0.39 is 21.5 Å². The van der Waals surface area contributed by atoms with E-state index in [0.717, 1.165) is 0 Å². The second-order valence-corrected chi connectivity index (χ2v) is 8.51. The Kier molecular flexibility index (Phi) is 6.30. The van der Waals surface area contributed by atoms with Crippen LogP contribution in [0.4, 0.5) is 4.79 Å². The number of carbonyl (C=O) groups excluding carboxylic acids is 1. The standard InChI is InChI=1S/C15H22ClNO5S/c1-6-23(19,20)13-10(7-11(16)8-12(13)21-5)9-17-14(18)22-15(2,3)4/h7-8H,6,9H2,1-5H3,(H,17,18). The minimum atomic E-state index is -3.55. The van der Waals surface area contributed by atoms with Crippen LogP contribution in [-0.4, -0.2) is 33.0 Å². The van der Waals surface area contributed by atoms with Gasteiger partial charge in [0.1, 0.15) is 16.2 Å². The number of methoxy groups -OCH3 is 1. The van der Waals surface area contributed by atoms with Gasteiger partial charge in [-0.3, -0.25) is 0 Å². The third-order valence-electron chi connectivity index (χ3n) is 2.83. The van der Waals surface area contributed by atoms with Gasteiger partial charge in [-0.2, -0.15) is 0 Å². The van der Waals surface area contributed by atoms with Gasteiger partial charge in [0.2, 0.25) is 0 Å². The van der Waals surface area contributed by atoms with Crippen LogP contribution in [0.2, 0.25) is 5.02 Å². The number of sulfone groups is 1. The van der Waals surface area contributed by atoms with Gasteiger partial charge >= 0.3 is 6.09 Å². The van der Waals surface area contributed by atoms with Gasteiger partial charge in [0.15, 0.2) is 9.84 Å². The van der Waals surface area contributed by atoms with E-state index in [2.05, 4.69) is 5.32 Å². The molecule has 0 bridgehead atoms. The summed E-state index contributed by atoms with van der Waals surface area (Å²) in [6.45, 7) is 6.71. The Hall–Kier alpha value is -1.47. The molecule has 23 heavy (non-hydrogen) atoms. The molecule has 0 heterocycles. The average molecular weight is 364 g/mol. The largest absolute Gasteiger partial charge is 0.495 e. The fourth-order valence-corrected chi connectivity index (χ4v) is 3.38. The predicted octanol–water partition coefficient (Wildman–Crippen LogP) is 3.17. The maximum absolute atomic E-state index is 12.3. The first-order chi connectivity index (χ1) is 10.5. The molecule has 0 aliphatic carbocycles. The van der Waals surface area contributed by atoms with E-state index in [-0.39, 0.29) is 22.9 Å². The number of rotatable bonds is 5. The lowest BCUT2D eigenvalue weighted by atomic mass is 10.2. The number of benzene rings is 1. The topological polar surface area (TPSA) is 81.7 Å². The lowest BCUT2D eigenvalue weighted by molar-refractivity contribution is 0.0523. The zero-order valence-corrected chi connectivity index (χ0v) is 15.5. The highest BCUT2D eigenvalue weighted by molar-refractivity contribution is 7.91. The molecule has 130 valence electrons. The van der Waals surface area contributed by atoms with Crippen molar-refractivity contribution in [1.29, 1.82) is 0 Å². The molecule has 1 N–H and O–H groups in total. The Labute approximate surface area is 142 Å². The van der Waals surface area contributed by atoms with Crippen LogP contribution >= 0.6 is 11.6 Å². The number of halogens is 1. The molecule has 1 amide bonds. The first-order valence-electron chi connectivity index (χ1n) is 7.06. The quantitative estimate of drug-likeness (QED) is 0.868. The minimum Gasteiger partial charge on any atom is -0.495 e. The molecule has 0 unspecified atom stereocenters. The van der Waals surface area contributed by atoms with Crippen LogP contribution in [0.1, 0.15) is 33.3 Å². The summed E-state index contributed by atoms with van der Waals surface area (Å²) in [5, 5.41) is 2.85. The fourth-order valence-electron chi connectivity index (χ4n) is 1.88. The number of carbonyl (C=O) groups is 1. The molecule has 0 atom stereocenters. The molecule has 1 aromatic carbocycles. The average Bonchev–Trinajstić information content (AvgIpc) is 2.42. The maximum Gasteiger partial charge on any atom is 0.407 e. The van der Waals surface area contributed by atoms with Crippen molar-refractivity contribution in [2.45, 2.75) is 44.7 Å². The lowest BCUT2D eigenvalue weighted by Crippen LogP contribution is -2.32. The summed E-state index contributed by atoms with van der Waals surface area (Å²) in [7, 11) is -2.18. The van der Waals surface area contributed by atoms with Crippen molar-refractivity contribution in [2.75, 3.05) is 12.9 Å². The van der Waals surface area contributed by atoms with E-state index in [0.29, 0.717) is 10.6 Å². The molecule has 0 saturated carbocycles. The van der Waals surface area contributed by atoms with Crippen LogP contribution in [-0.2, 0) is 21.1 Å². The summed E-state index contributed by atoms with van der Waals surface area (Å²) in [6.07, 6.45) is -0.642. The first kappa shape index (κ1) is 19.6. The third-order valence-corrected chi connectivity index (χ3v) is 4.89. The molecule has 1 rings (SSSR count). The molecule has 1 aromatic rings. The molecule has 0 spiro atoms. The van der Waals surface area contributed by atoms with Gasteiger partial charge in [0.05, 0.1) is 12.9 Å². The van der Waals surface area contributed by atoms with E-state index in [1.54, 1.807) is 20.8 Å². The lowest BCUT2D eigenvalue weighted by Gasteiger charge is -2.20. The smallest absolute Gasteiger partial charge is 0.407 e. The summed E-state index contributed by atoms with van der Waals surface area (Å²) in [6, 6.07) is 2.92. The second kappa shape index (κ2) is 7.40. The minimum absolute atomic E-state index is 0.0305. The highest BCUT2D eigenvalue weighted by Crippen LogP contribution is 2.32. The number of ether oxygens (including phenoxy) is 2. The van der Waals surface area contributed by atoms with Crippen molar-refractivity contribution in [3.05, 3.63) is 22.7 Å². The molecule has 0 saturated heterocycles. The summed E-state index contributed by atoms with van der Waals surface area (Å²) in [5.74, 6) is 0.0603. The van der Waals surface area contributed by atoms with Crippen molar-refractivity contribution in [1.82, 2.24) is 5.32 Å². The van der Waals surface area contributed by atoms with Crippen LogP contribution < -0.4 is 10.1 Å².